The lowest BCUT2D eigenvalue weighted by molar-refractivity contribution is 0.256. The summed E-state index contributed by atoms with van der Waals surface area (Å²) in [5.41, 5.74) is 4.28. The van der Waals surface area contributed by atoms with E-state index in [0.29, 0.717) is 0 Å². The van der Waals surface area contributed by atoms with E-state index in [1.54, 1.807) is 0 Å². The minimum atomic E-state index is -4.13. The first-order valence-electron chi connectivity index (χ1n) is 5.20. The first-order chi connectivity index (χ1) is 8.36. The third kappa shape index (κ3) is 2.60. The van der Waals surface area contributed by atoms with E-state index in [1.165, 1.54) is 6.92 Å². The Morgan fingerprint density at radius 3 is 2.50 bits per heavy atom. The quantitative estimate of drug-likeness (QED) is 0.772. The number of aliphatic hydroxyl groups is 1. The fraction of sp³-hybridized carbons (Fsp3) is 0.400. The second kappa shape index (κ2) is 5.59. The number of sulfonamides is 1. The first-order valence-corrected chi connectivity index (χ1v) is 6.64. The van der Waals surface area contributed by atoms with Gasteiger partial charge in [-0.2, -0.15) is 4.31 Å². The molecule has 0 heterocycles. The highest BCUT2D eigenvalue weighted by Gasteiger charge is 2.27. The van der Waals surface area contributed by atoms with Crippen LogP contribution in [0.3, 0.4) is 0 Å². The van der Waals surface area contributed by atoms with Gasteiger partial charge in [0.15, 0.2) is 5.82 Å². The van der Waals surface area contributed by atoms with Gasteiger partial charge in [0.2, 0.25) is 10.0 Å². The third-order valence-electron chi connectivity index (χ3n) is 2.41. The zero-order chi connectivity index (χ0) is 13.9. The second-order valence-electron chi connectivity index (χ2n) is 3.49. The van der Waals surface area contributed by atoms with Crippen LogP contribution in [0.5, 0.6) is 0 Å². The molecule has 0 spiro atoms. The minimum absolute atomic E-state index is 0.0552. The van der Waals surface area contributed by atoms with Crippen LogP contribution in [0.15, 0.2) is 17.0 Å². The van der Waals surface area contributed by atoms with E-state index in [2.05, 4.69) is 0 Å². The molecule has 0 aliphatic heterocycles. The van der Waals surface area contributed by atoms with Gasteiger partial charge in [0.1, 0.15) is 16.4 Å². The van der Waals surface area contributed by atoms with Gasteiger partial charge in [-0.1, -0.05) is 6.92 Å². The monoisotopic (exact) mass is 280 g/mol. The smallest absolute Gasteiger partial charge is 0.246 e. The van der Waals surface area contributed by atoms with Crippen LogP contribution in [0.2, 0.25) is 0 Å². The Labute approximate surface area is 104 Å². The standard InChI is InChI=1S/C10H14F2N2O3S/c1-2-14(5-6-15)18(16,17)8-4-3-7(11)10(13)9(8)12/h3-4,15H,2,5-6,13H2,1H3. The van der Waals surface area contributed by atoms with Crippen LogP contribution in [-0.4, -0.2) is 37.5 Å². The summed E-state index contributed by atoms with van der Waals surface area (Å²) in [7, 11) is -4.13. The van der Waals surface area contributed by atoms with Crippen LogP contribution in [0.25, 0.3) is 0 Å². The van der Waals surface area contributed by atoms with E-state index in [9.17, 15) is 17.2 Å². The number of rotatable bonds is 5. The predicted molar refractivity (Wildman–Crippen MR) is 62.3 cm³/mol. The van der Waals surface area contributed by atoms with Crippen molar-refractivity contribution in [2.24, 2.45) is 0 Å². The molecule has 0 bridgehead atoms. The van der Waals surface area contributed by atoms with Gasteiger partial charge < -0.3 is 10.8 Å². The molecule has 8 heteroatoms. The molecule has 1 rings (SSSR count). The molecule has 0 aliphatic rings. The second-order valence-corrected chi connectivity index (χ2v) is 5.40. The number of halogens is 2. The molecule has 0 fully saturated rings. The number of nitrogens with zero attached hydrogens (tertiary/aromatic N) is 1. The Hall–Kier alpha value is -1.25. The summed E-state index contributed by atoms with van der Waals surface area (Å²) < 4.78 is 51.6. The van der Waals surface area contributed by atoms with E-state index < -0.39 is 38.8 Å². The predicted octanol–water partition coefficient (Wildman–Crippen LogP) is 0.550. The number of hydrogen-bond acceptors (Lipinski definition) is 4. The van der Waals surface area contributed by atoms with Crippen molar-refractivity contribution in [1.82, 2.24) is 4.31 Å². The number of anilines is 1. The number of hydrogen-bond donors (Lipinski definition) is 2. The van der Waals surface area contributed by atoms with Gasteiger partial charge in [0.25, 0.3) is 0 Å². The molecule has 0 saturated heterocycles. The Bertz CT molecular complexity index is 534. The van der Waals surface area contributed by atoms with E-state index in [1.807, 2.05) is 0 Å². The Morgan fingerprint density at radius 2 is 2.00 bits per heavy atom. The number of benzene rings is 1. The maximum absolute atomic E-state index is 13.7. The van der Waals surface area contributed by atoms with Gasteiger partial charge in [-0.25, -0.2) is 17.2 Å². The van der Waals surface area contributed by atoms with Gasteiger partial charge in [-0.15, -0.1) is 0 Å². The number of aliphatic hydroxyl groups excluding tert-OH is 1. The molecule has 0 atom stereocenters. The highest BCUT2D eigenvalue weighted by molar-refractivity contribution is 7.89. The fourth-order valence-electron chi connectivity index (χ4n) is 1.45. The molecular formula is C10H14F2N2O3S. The lowest BCUT2D eigenvalue weighted by Crippen LogP contribution is -2.34. The topological polar surface area (TPSA) is 83.6 Å². The van der Waals surface area contributed by atoms with Crippen molar-refractivity contribution in [3.8, 4) is 0 Å². The molecule has 0 aliphatic carbocycles. The number of nitrogen functional groups attached to an aromatic ring is 1. The molecule has 18 heavy (non-hydrogen) atoms. The molecule has 3 N–H and O–H groups in total. The van der Waals surface area contributed by atoms with Gasteiger partial charge in [-0.05, 0) is 12.1 Å². The van der Waals surface area contributed by atoms with Crippen LogP contribution in [0.1, 0.15) is 6.92 Å². The first kappa shape index (κ1) is 14.8. The van der Waals surface area contributed by atoms with Crippen LogP contribution >= 0.6 is 0 Å². The summed E-state index contributed by atoms with van der Waals surface area (Å²) in [6.45, 7) is 1.03. The van der Waals surface area contributed by atoms with Gasteiger partial charge >= 0.3 is 0 Å². The lowest BCUT2D eigenvalue weighted by atomic mass is 10.3. The number of likely N-dealkylation sites (N-methyl/N-ethyl adjacent to an activating group) is 1. The van der Waals surface area contributed by atoms with Crippen molar-refractivity contribution >= 4 is 15.7 Å². The highest BCUT2D eigenvalue weighted by Crippen LogP contribution is 2.25. The van der Waals surface area contributed by atoms with Crippen LogP contribution in [0.4, 0.5) is 14.5 Å². The van der Waals surface area contributed by atoms with Crippen molar-refractivity contribution in [3.63, 3.8) is 0 Å². The fourth-order valence-corrected chi connectivity index (χ4v) is 2.96. The molecule has 0 radical (unpaired) electrons. The van der Waals surface area contributed by atoms with E-state index in [-0.39, 0.29) is 13.1 Å². The van der Waals surface area contributed by atoms with Gasteiger partial charge in [0.05, 0.1) is 6.61 Å². The van der Waals surface area contributed by atoms with Crippen molar-refractivity contribution in [2.45, 2.75) is 11.8 Å². The molecule has 0 saturated carbocycles. The van der Waals surface area contributed by atoms with E-state index in [0.717, 1.165) is 16.4 Å². The molecule has 5 nitrogen and oxygen atoms in total. The highest BCUT2D eigenvalue weighted by atomic mass is 32.2. The summed E-state index contributed by atoms with van der Waals surface area (Å²) in [6, 6.07) is 1.61. The van der Waals surface area contributed by atoms with E-state index >= 15 is 0 Å². The zero-order valence-electron chi connectivity index (χ0n) is 9.73. The van der Waals surface area contributed by atoms with Gasteiger partial charge in [-0.3, -0.25) is 0 Å². The Kier molecular flexibility index (Phi) is 4.60. The maximum Gasteiger partial charge on any atom is 0.246 e. The molecular weight excluding hydrogens is 266 g/mol. The zero-order valence-corrected chi connectivity index (χ0v) is 10.5. The Morgan fingerprint density at radius 1 is 1.39 bits per heavy atom. The van der Waals surface area contributed by atoms with Gasteiger partial charge in [0, 0.05) is 13.1 Å². The molecule has 0 amide bonds. The van der Waals surface area contributed by atoms with Crippen LogP contribution in [-0.2, 0) is 10.0 Å². The SMILES string of the molecule is CCN(CCO)S(=O)(=O)c1ccc(F)c(N)c1F. The summed E-state index contributed by atoms with van der Waals surface area (Å²) >= 11 is 0. The largest absolute Gasteiger partial charge is 0.395 e. The van der Waals surface area contributed by atoms with Crippen molar-refractivity contribution in [3.05, 3.63) is 23.8 Å². The molecule has 102 valence electrons. The van der Waals surface area contributed by atoms with Crippen molar-refractivity contribution in [1.29, 1.82) is 0 Å². The lowest BCUT2D eigenvalue weighted by Gasteiger charge is -2.20. The molecule has 1 aromatic carbocycles. The van der Waals surface area contributed by atoms with Crippen LogP contribution in [0, 0.1) is 11.6 Å². The summed E-state index contributed by atoms with van der Waals surface area (Å²) in [5.74, 6) is -2.33. The average Bonchev–Trinajstić information content (AvgIpc) is 2.32. The minimum Gasteiger partial charge on any atom is -0.395 e. The van der Waals surface area contributed by atoms with E-state index in [4.69, 9.17) is 10.8 Å². The maximum atomic E-state index is 13.7. The normalized spacial score (nSPS) is 12.1. The molecule has 0 aromatic heterocycles. The van der Waals surface area contributed by atoms with Crippen molar-refractivity contribution < 1.29 is 22.3 Å². The molecule has 0 unspecified atom stereocenters. The summed E-state index contributed by atoms with van der Waals surface area (Å²) in [5, 5.41) is 8.76. The summed E-state index contributed by atoms with van der Waals surface area (Å²) in [6.07, 6.45) is 0. The molecule has 1 aromatic rings. The van der Waals surface area contributed by atoms with Crippen LogP contribution < -0.4 is 5.73 Å². The third-order valence-corrected chi connectivity index (χ3v) is 4.40. The number of nitrogens with two attached hydrogens (primary N) is 1. The summed E-state index contributed by atoms with van der Waals surface area (Å²) in [4.78, 5) is -0.698. The van der Waals surface area contributed by atoms with Crippen molar-refractivity contribution in [2.75, 3.05) is 25.4 Å². The average molecular weight is 280 g/mol. The Balaban J connectivity index is 3.32.